The van der Waals surface area contributed by atoms with Gasteiger partial charge in [0, 0.05) is 17.3 Å². The van der Waals surface area contributed by atoms with E-state index in [4.69, 9.17) is 3.07 Å². The third-order valence-electron chi connectivity index (χ3n) is 5.83. The highest BCUT2D eigenvalue weighted by Gasteiger charge is 2.41. The van der Waals surface area contributed by atoms with Gasteiger partial charge in [0.15, 0.2) is 23.0 Å². The van der Waals surface area contributed by atoms with Crippen LogP contribution in [0.15, 0.2) is 24.3 Å². The van der Waals surface area contributed by atoms with Gasteiger partial charge in [0.05, 0.1) is 10.6 Å². The Bertz CT molecular complexity index is 1080. The van der Waals surface area contributed by atoms with Gasteiger partial charge in [-0.25, -0.2) is 0 Å². The Morgan fingerprint density at radius 3 is 2.64 bits per heavy atom. The number of thiophene rings is 1. The maximum Gasteiger partial charge on any atom is 0.261 e. The number of nitrogens with zero attached hydrogens (tertiary/aromatic N) is 2. The van der Waals surface area contributed by atoms with E-state index in [2.05, 4.69) is 34.6 Å². The Balaban J connectivity index is 1.39. The minimum absolute atomic E-state index is 0.0432. The summed E-state index contributed by atoms with van der Waals surface area (Å²) in [4.78, 5) is 14.8. The molecule has 2 aliphatic rings. The van der Waals surface area contributed by atoms with Gasteiger partial charge in [-0.2, -0.15) is 5.10 Å². The van der Waals surface area contributed by atoms with Crippen molar-refractivity contribution >= 4 is 50.5 Å². The number of carbonyl (C=O) groups excluding carboxylic acids is 1. The average Bonchev–Trinajstić information content (AvgIpc) is 3.63. The normalized spacial score (nSPS) is 21.0. The minimum atomic E-state index is 0.0432. The van der Waals surface area contributed by atoms with E-state index >= 15 is 0 Å². The molecule has 2 aromatic heterocycles. The van der Waals surface area contributed by atoms with E-state index in [0.717, 1.165) is 51.4 Å². The molecule has 1 amide bonds. The van der Waals surface area contributed by atoms with E-state index < -0.39 is 0 Å². The van der Waals surface area contributed by atoms with Crippen LogP contribution in [0.25, 0.3) is 10.2 Å². The summed E-state index contributed by atoms with van der Waals surface area (Å²) in [5, 5.41) is 13.0. The molecule has 1 aromatic carbocycles. The van der Waals surface area contributed by atoms with Crippen LogP contribution in [0, 0.1) is 13.8 Å². The predicted octanol–water partition coefficient (Wildman–Crippen LogP) is 5.20. The van der Waals surface area contributed by atoms with Gasteiger partial charge in [0.25, 0.3) is 5.91 Å². The fraction of sp³-hybridized carbons (Fsp3) is 0.381. The molecular weight excluding hydrogens is 485 g/mol. The standard InChI is InChI=1S/C21H20IN3O2S/c1-10-11(2)24-25-21-17(10)18(13-3-4-13)19(28-21)20(26)23-16-9-15(16)12-5-7-14(27-22)8-6-12/h5-8,13,15-16H,3-4,9H2,1-2H3,(H,23,26). The van der Waals surface area contributed by atoms with Crippen molar-refractivity contribution in [3.05, 3.63) is 51.5 Å². The second-order valence-corrected chi connectivity index (χ2v) is 9.22. The van der Waals surface area contributed by atoms with E-state index in [-0.39, 0.29) is 11.9 Å². The number of benzene rings is 1. The Kier molecular flexibility index (Phi) is 4.54. The number of amides is 1. The zero-order chi connectivity index (χ0) is 19.4. The predicted molar refractivity (Wildman–Crippen MR) is 119 cm³/mol. The summed E-state index contributed by atoms with van der Waals surface area (Å²) in [5.41, 5.74) is 4.55. The summed E-state index contributed by atoms with van der Waals surface area (Å²) in [6.45, 7) is 4.08. The molecule has 144 valence electrons. The maximum absolute atomic E-state index is 13.1. The molecule has 3 aromatic rings. The number of aryl methyl sites for hydroxylation is 2. The summed E-state index contributed by atoms with van der Waals surface area (Å²) < 4.78 is 5.20. The molecule has 2 fully saturated rings. The van der Waals surface area contributed by atoms with Crippen molar-refractivity contribution < 1.29 is 7.86 Å². The number of halogens is 1. The van der Waals surface area contributed by atoms with Gasteiger partial charge in [-0.1, -0.05) is 12.1 Å². The lowest BCUT2D eigenvalue weighted by molar-refractivity contribution is 0.0953. The summed E-state index contributed by atoms with van der Waals surface area (Å²) >= 11 is 3.37. The molecule has 2 saturated carbocycles. The molecule has 0 radical (unpaired) electrons. The zero-order valence-corrected chi connectivity index (χ0v) is 18.6. The third-order valence-corrected chi connectivity index (χ3v) is 7.43. The fourth-order valence-electron chi connectivity index (χ4n) is 3.89. The number of fused-ring (bicyclic) bond motifs is 1. The van der Waals surface area contributed by atoms with Crippen LogP contribution in [0.2, 0.25) is 0 Å². The highest BCUT2D eigenvalue weighted by Crippen LogP contribution is 2.49. The fourth-order valence-corrected chi connectivity index (χ4v) is 5.36. The van der Waals surface area contributed by atoms with Crippen LogP contribution in [-0.2, 0) is 0 Å². The van der Waals surface area contributed by atoms with Crippen LogP contribution in [0.5, 0.6) is 5.75 Å². The molecule has 2 aliphatic carbocycles. The Morgan fingerprint density at radius 1 is 1.21 bits per heavy atom. The Labute approximate surface area is 181 Å². The highest BCUT2D eigenvalue weighted by atomic mass is 127. The number of carbonyl (C=O) groups is 1. The van der Waals surface area contributed by atoms with Gasteiger partial charge >= 0.3 is 0 Å². The SMILES string of the molecule is Cc1nnc2sc(C(=O)NC3CC3c3ccc(OI)cc3)c(C3CC3)c2c1C. The molecule has 0 aliphatic heterocycles. The molecule has 2 atom stereocenters. The van der Waals surface area contributed by atoms with Crippen molar-refractivity contribution in [2.24, 2.45) is 0 Å². The molecule has 2 heterocycles. The van der Waals surface area contributed by atoms with Crippen LogP contribution in [0.4, 0.5) is 0 Å². The number of nitrogens with one attached hydrogen (secondary N) is 1. The smallest absolute Gasteiger partial charge is 0.261 e. The van der Waals surface area contributed by atoms with Crippen molar-refractivity contribution in [2.45, 2.75) is 51.0 Å². The molecule has 0 spiro atoms. The lowest BCUT2D eigenvalue weighted by Gasteiger charge is -2.07. The third kappa shape index (κ3) is 3.18. The van der Waals surface area contributed by atoms with Crippen LogP contribution in [-0.4, -0.2) is 22.1 Å². The first-order valence-corrected chi connectivity index (χ1v) is 11.2. The van der Waals surface area contributed by atoms with Gasteiger partial charge in [-0.15, -0.1) is 16.4 Å². The van der Waals surface area contributed by atoms with Gasteiger partial charge in [0.1, 0.15) is 10.6 Å². The number of aromatic nitrogens is 2. The van der Waals surface area contributed by atoms with Gasteiger partial charge in [-0.3, -0.25) is 4.79 Å². The quantitative estimate of drug-likeness (QED) is 0.485. The molecule has 0 saturated heterocycles. The molecule has 5 nitrogen and oxygen atoms in total. The average molecular weight is 505 g/mol. The molecule has 2 unspecified atom stereocenters. The Morgan fingerprint density at radius 2 is 1.96 bits per heavy atom. The van der Waals surface area contributed by atoms with E-state index in [0.29, 0.717) is 11.8 Å². The van der Waals surface area contributed by atoms with Gasteiger partial charge in [0.2, 0.25) is 0 Å². The summed E-state index contributed by atoms with van der Waals surface area (Å²) in [5.74, 6) is 1.76. The van der Waals surface area contributed by atoms with Crippen molar-refractivity contribution in [2.75, 3.05) is 0 Å². The molecule has 5 rings (SSSR count). The minimum Gasteiger partial charge on any atom is -0.428 e. The second kappa shape index (κ2) is 6.95. The molecular formula is C21H20IN3O2S. The number of rotatable bonds is 5. The number of hydrogen-bond donors (Lipinski definition) is 1. The first kappa shape index (κ1) is 18.3. The Hall–Kier alpha value is -1.74. The van der Waals surface area contributed by atoms with Crippen molar-refractivity contribution in [3.8, 4) is 5.75 Å². The van der Waals surface area contributed by atoms with Gasteiger partial charge < -0.3 is 8.38 Å². The van der Waals surface area contributed by atoms with E-state index in [1.165, 1.54) is 22.5 Å². The van der Waals surface area contributed by atoms with Gasteiger partial charge in [-0.05, 0) is 67.9 Å². The largest absolute Gasteiger partial charge is 0.428 e. The van der Waals surface area contributed by atoms with Crippen molar-refractivity contribution in [1.29, 1.82) is 0 Å². The lowest BCUT2D eigenvalue weighted by atomic mass is 10.0. The second-order valence-electron chi connectivity index (χ2n) is 7.78. The maximum atomic E-state index is 13.1. The zero-order valence-electron chi connectivity index (χ0n) is 15.7. The lowest BCUT2D eigenvalue weighted by Crippen LogP contribution is -2.26. The van der Waals surface area contributed by atoms with Crippen LogP contribution in [0.3, 0.4) is 0 Å². The van der Waals surface area contributed by atoms with Crippen LogP contribution < -0.4 is 8.38 Å². The van der Waals surface area contributed by atoms with E-state index in [1.54, 1.807) is 0 Å². The summed E-state index contributed by atoms with van der Waals surface area (Å²) in [6.07, 6.45) is 3.30. The molecule has 0 bridgehead atoms. The first-order valence-electron chi connectivity index (χ1n) is 9.52. The van der Waals surface area contributed by atoms with E-state index in [9.17, 15) is 4.79 Å². The monoisotopic (exact) mass is 505 g/mol. The molecule has 1 N–H and O–H groups in total. The van der Waals surface area contributed by atoms with E-state index in [1.807, 2.05) is 42.1 Å². The van der Waals surface area contributed by atoms with Crippen LogP contribution in [0.1, 0.15) is 63.2 Å². The highest BCUT2D eigenvalue weighted by molar-refractivity contribution is 14.1. The van der Waals surface area contributed by atoms with Crippen LogP contribution >= 0.6 is 34.3 Å². The number of hydrogen-bond acceptors (Lipinski definition) is 5. The topological polar surface area (TPSA) is 64.1 Å². The molecule has 28 heavy (non-hydrogen) atoms. The summed E-state index contributed by atoms with van der Waals surface area (Å²) in [6, 6.07) is 8.31. The molecule has 7 heteroatoms. The first-order chi connectivity index (χ1) is 13.6. The summed E-state index contributed by atoms with van der Waals surface area (Å²) in [7, 11) is 0. The van der Waals surface area contributed by atoms with Crippen molar-refractivity contribution in [1.82, 2.24) is 15.5 Å². The van der Waals surface area contributed by atoms with Crippen molar-refractivity contribution in [3.63, 3.8) is 0 Å².